The number of methoxy groups -OCH3 is 2. The highest BCUT2D eigenvalue weighted by molar-refractivity contribution is 8.24. The molecule has 2 nitrogen and oxygen atoms in total. The predicted molar refractivity (Wildman–Crippen MR) is 156 cm³/mol. The first-order valence-electron chi connectivity index (χ1n) is 11.1. The van der Waals surface area contributed by atoms with Gasteiger partial charge in [-0.2, -0.15) is 0 Å². The second kappa shape index (κ2) is 11.0. The standard InChI is InChI=1S/C28H28O2P2S2/c1-29-25-17-9-11-19-27(25)31(33,23-13-5-3-6-14-23)21-22-32(34,24-15-7-4-8-16-24)28-20-12-10-18-26(28)30-2/h3-20H,21-22H2,1-2H3/t31-,32-/m0/s1. The van der Waals surface area contributed by atoms with Crippen LogP contribution in [0.4, 0.5) is 0 Å². The Labute approximate surface area is 213 Å². The Morgan fingerprint density at radius 3 is 1.18 bits per heavy atom. The fraction of sp³-hybridized carbons (Fsp3) is 0.143. The fourth-order valence-electron chi connectivity index (χ4n) is 4.25. The van der Waals surface area contributed by atoms with Crippen LogP contribution in [0.2, 0.25) is 0 Å². The van der Waals surface area contributed by atoms with Gasteiger partial charge in [-0.05, 0) is 47.2 Å². The van der Waals surface area contributed by atoms with Gasteiger partial charge in [-0.3, -0.25) is 0 Å². The average molecular weight is 523 g/mol. The normalized spacial score (nSPS) is 14.5. The Morgan fingerprint density at radius 2 is 0.824 bits per heavy atom. The monoisotopic (exact) mass is 522 g/mol. The van der Waals surface area contributed by atoms with E-state index >= 15 is 0 Å². The molecule has 0 aliphatic carbocycles. The minimum atomic E-state index is -2.21. The van der Waals surface area contributed by atoms with Gasteiger partial charge in [0.15, 0.2) is 0 Å². The maximum atomic E-state index is 6.59. The van der Waals surface area contributed by atoms with Crippen LogP contribution in [0.15, 0.2) is 109 Å². The van der Waals surface area contributed by atoms with E-state index in [2.05, 4.69) is 72.8 Å². The Kier molecular flexibility index (Phi) is 8.06. The first-order valence-corrected chi connectivity index (χ1v) is 17.1. The van der Waals surface area contributed by atoms with Crippen molar-refractivity contribution in [3.8, 4) is 11.5 Å². The number of benzene rings is 4. The summed E-state index contributed by atoms with van der Waals surface area (Å²) in [6.07, 6.45) is 1.61. The quantitative estimate of drug-likeness (QED) is 0.279. The van der Waals surface area contributed by atoms with Crippen molar-refractivity contribution in [1.82, 2.24) is 0 Å². The molecule has 0 fully saturated rings. The molecule has 2 atom stereocenters. The molecule has 0 unspecified atom stereocenters. The third kappa shape index (κ3) is 4.92. The lowest BCUT2D eigenvalue weighted by atomic mass is 10.3. The van der Waals surface area contributed by atoms with Crippen molar-refractivity contribution < 1.29 is 9.47 Å². The maximum Gasteiger partial charge on any atom is 0.127 e. The molecule has 4 rings (SSSR count). The van der Waals surface area contributed by atoms with Crippen LogP contribution in [-0.4, -0.2) is 26.5 Å². The molecule has 0 spiro atoms. The van der Waals surface area contributed by atoms with Crippen molar-refractivity contribution in [2.24, 2.45) is 0 Å². The second-order valence-electron chi connectivity index (χ2n) is 7.94. The molecule has 4 aromatic carbocycles. The van der Waals surface area contributed by atoms with Gasteiger partial charge in [0.25, 0.3) is 0 Å². The van der Waals surface area contributed by atoms with Crippen LogP contribution >= 0.6 is 12.1 Å². The van der Waals surface area contributed by atoms with Crippen molar-refractivity contribution in [2.45, 2.75) is 0 Å². The second-order valence-corrected chi connectivity index (χ2v) is 17.5. The van der Waals surface area contributed by atoms with Crippen molar-refractivity contribution in [1.29, 1.82) is 0 Å². The van der Waals surface area contributed by atoms with E-state index in [0.29, 0.717) is 0 Å². The molecule has 0 saturated heterocycles. The minimum Gasteiger partial charge on any atom is -0.496 e. The molecule has 0 heterocycles. The minimum absolute atomic E-state index is 0.803. The van der Waals surface area contributed by atoms with Crippen molar-refractivity contribution in [3.63, 3.8) is 0 Å². The van der Waals surface area contributed by atoms with Gasteiger partial charge in [-0.1, -0.05) is 109 Å². The van der Waals surface area contributed by atoms with Crippen molar-refractivity contribution >= 4 is 56.9 Å². The van der Waals surface area contributed by atoms with Crippen LogP contribution in [-0.2, 0) is 23.6 Å². The highest BCUT2D eigenvalue weighted by atomic mass is 32.4. The van der Waals surface area contributed by atoms with Gasteiger partial charge in [-0.15, -0.1) is 0 Å². The van der Waals surface area contributed by atoms with Crippen LogP contribution in [0.5, 0.6) is 11.5 Å². The van der Waals surface area contributed by atoms with Crippen LogP contribution < -0.4 is 30.7 Å². The lowest BCUT2D eigenvalue weighted by Gasteiger charge is -2.30. The highest BCUT2D eigenvalue weighted by Crippen LogP contribution is 2.53. The number of hydrogen-bond acceptors (Lipinski definition) is 4. The third-order valence-corrected chi connectivity index (χ3v) is 16.2. The third-order valence-electron chi connectivity index (χ3n) is 6.02. The van der Waals surface area contributed by atoms with Gasteiger partial charge in [0.1, 0.15) is 11.5 Å². The Balaban J connectivity index is 1.86. The largest absolute Gasteiger partial charge is 0.496 e. The molecule has 0 aromatic heterocycles. The van der Waals surface area contributed by atoms with E-state index in [0.717, 1.165) is 34.4 Å². The van der Waals surface area contributed by atoms with Crippen LogP contribution in [0.3, 0.4) is 0 Å². The summed E-state index contributed by atoms with van der Waals surface area (Å²) < 4.78 is 11.5. The zero-order valence-corrected chi connectivity index (χ0v) is 22.8. The van der Waals surface area contributed by atoms with E-state index in [1.54, 1.807) is 14.2 Å². The topological polar surface area (TPSA) is 18.5 Å². The van der Waals surface area contributed by atoms with Gasteiger partial charge < -0.3 is 9.47 Å². The van der Waals surface area contributed by atoms with E-state index in [1.165, 1.54) is 10.6 Å². The van der Waals surface area contributed by atoms with E-state index < -0.39 is 12.1 Å². The Hall–Kier alpha value is -2.22. The van der Waals surface area contributed by atoms with Gasteiger partial charge in [0.05, 0.1) is 14.2 Å². The molecule has 34 heavy (non-hydrogen) atoms. The molecule has 0 radical (unpaired) electrons. The van der Waals surface area contributed by atoms with E-state index in [-0.39, 0.29) is 0 Å². The molecule has 0 bridgehead atoms. The molecule has 174 valence electrons. The molecule has 0 aliphatic rings. The zero-order chi connectivity index (χ0) is 24.0. The van der Waals surface area contributed by atoms with Gasteiger partial charge in [0.2, 0.25) is 0 Å². The molecule has 6 heteroatoms. The first-order chi connectivity index (χ1) is 16.5. The van der Waals surface area contributed by atoms with Crippen molar-refractivity contribution in [2.75, 3.05) is 26.5 Å². The molecular weight excluding hydrogens is 494 g/mol. The predicted octanol–water partition coefficient (Wildman–Crippen LogP) is 5.26. The highest BCUT2D eigenvalue weighted by Gasteiger charge is 2.31. The molecule has 0 aliphatic heterocycles. The van der Waals surface area contributed by atoms with Crippen LogP contribution in [0.1, 0.15) is 0 Å². The van der Waals surface area contributed by atoms with Crippen LogP contribution in [0, 0.1) is 0 Å². The molecule has 0 N–H and O–H groups in total. The Bertz CT molecular complexity index is 1240. The number of hydrogen-bond donors (Lipinski definition) is 0. The van der Waals surface area contributed by atoms with Gasteiger partial charge in [-0.25, -0.2) is 0 Å². The summed E-state index contributed by atoms with van der Waals surface area (Å²) >= 11 is 13.2. The van der Waals surface area contributed by atoms with Gasteiger partial charge in [0, 0.05) is 22.7 Å². The first kappa shape index (κ1) is 24.9. The average Bonchev–Trinajstić information content (AvgIpc) is 2.92. The molecule has 0 saturated carbocycles. The molecule has 0 amide bonds. The smallest absolute Gasteiger partial charge is 0.127 e. The SMILES string of the molecule is COc1ccccc1[P@](=S)(CC[P@](=S)(c1ccccc1)c1ccccc1OC)c1ccccc1. The number of ether oxygens (including phenoxy) is 2. The van der Waals surface area contributed by atoms with Crippen molar-refractivity contribution in [3.05, 3.63) is 109 Å². The zero-order valence-electron chi connectivity index (χ0n) is 19.3. The summed E-state index contributed by atoms with van der Waals surface area (Å²) in [7, 11) is 3.43. The van der Waals surface area contributed by atoms with E-state index in [4.69, 9.17) is 33.1 Å². The number of para-hydroxylation sites is 2. The van der Waals surface area contributed by atoms with Crippen LogP contribution in [0.25, 0.3) is 0 Å². The summed E-state index contributed by atoms with van der Waals surface area (Å²) in [5.41, 5.74) is 0. The summed E-state index contributed by atoms with van der Waals surface area (Å²) in [5.74, 6) is 1.69. The summed E-state index contributed by atoms with van der Waals surface area (Å²) in [6, 6.07) is 32.9. The lowest BCUT2D eigenvalue weighted by Crippen LogP contribution is -2.25. The summed E-state index contributed by atoms with van der Waals surface area (Å²) in [5, 5.41) is 4.58. The van der Waals surface area contributed by atoms with E-state index in [9.17, 15) is 0 Å². The fourth-order valence-corrected chi connectivity index (χ4v) is 14.2. The lowest BCUT2D eigenvalue weighted by molar-refractivity contribution is 0.418. The molecular formula is C28H28O2P2S2. The molecule has 4 aromatic rings. The number of rotatable bonds is 9. The Morgan fingerprint density at radius 1 is 0.500 bits per heavy atom. The van der Waals surface area contributed by atoms with Gasteiger partial charge >= 0.3 is 0 Å². The summed E-state index contributed by atoms with van der Waals surface area (Å²) in [4.78, 5) is 0. The maximum absolute atomic E-state index is 6.59. The van der Waals surface area contributed by atoms with E-state index in [1.807, 2.05) is 36.4 Å². The summed E-state index contributed by atoms with van der Waals surface area (Å²) in [6.45, 7) is 0.